The minimum absolute atomic E-state index is 0.112. The lowest BCUT2D eigenvalue weighted by Gasteiger charge is -2.33. The predicted octanol–water partition coefficient (Wildman–Crippen LogP) is 2.73. The number of carbonyl (C=O) groups excluding carboxylic acids is 2. The topological polar surface area (TPSA) is 89.6 Å². The van der Waals surface area contributed by atoms with Crippen LogP contribution in [0.3, 0.4) is 0 Å². The first-order chi connectivity index (χ1) is 14.0. The molecule has 0 aromatic carbocycles. The van der Waals surface area contributed by atoms with Gasteiger partial charge in [-0.15, -0.1) is 11.3 Å². The number of furan rings is 1. The number of nitriles is 1. The number of carbonyl (C=O) groups is 2. The van der Waals surface area contributed by atoms with E-state index in [2.05, 4.69) is 18.3 Å². The van der Waals surface area contributed by atoms with E-state index in [4.69, 9.17) is 4.42 Å². The summed E-state index contributed by atoms with van der Waals surface area (Å²) in [5.41, 5.74) is 1.76. The van der Waals surface area contributed by atoms with E-state index in [0.29, 0.717) is 48.4 Å². The zero-order chi connectivity index (χ0) is 20.4. The van der Waals surface area contributed by atoms with Crippen LogP contribution in [-0.2, 0) is 17.6 Å². The summed E-state index contributed by atoms with van der Waals surface area (Å²) in [6.45, 7) is 4.85. The van der Waals surface area contributed by atoms with Crippen molar-refractivity contribution in [3.05, 3.63) is 40.2 Å². The summed E-state index contributed by atoms with van der Waals surface area (Å²) in [7, 11) is 0. The second-order valence-electron chi connectivity index (χ2n) is 7.76. The Morgan fingerprint density at radius 3 is 2.83 bits per heavy atom. The molecular weight excluding hydrogens is 388 g/mol. The Morgan fingerprint density at radius 1 is 1.34 bits per heavy atom. The fourth-order valence-corrected chi connectivity index (χ4v) is 5.37. The molecule has 8 heteroatoms. The van der Waals surface area contributed by atoms with Gasteiger partial charge in [-0.1, -0.05) is 6.92 Å². The van der Waals surface area contributed by atoms with Crippen molar-refractivity contribution in [2.45, 2.75) is 26.2 Å². The number of piperazine rings is 1. The van der Waals surface area contributed by atoms with E-state index >= 15 is 0 Å². The van der Waals surface area contributed by atoms with Crippen molar-refractivity contribution in [1.82, 2.24) is 9.80 Å². The molecule has 7 nitrogen and oxygen atoms in total. The third kappa shape index (κ3) is 4.21. The highest BCUT2D eigenvalue weighted by Gasteiger charge is 2.27. The van der Waals surface area contributed by atoms with E-state index in [1.165, 1.54) is 11.1 Å². The second-order valence-corrected chi connectivity index (χ2v) is 8.87. The summed E-state index contributed by atoms with van der Waals surface area (Å²) >= 11 is 1.55. The molecule has 0 bridgehead atoms. The molecule has 152 valence electrons. The van der Waals surface area contributed by atoms with Crippen molar-refractivity contribution in [1.29, 1.82) is 5.26 Å². The van der Waals surface area contributed by atoms with Gasteiger partial charge in [-0.2, -0.15) is 5.26 Å². The van der Waals surface area contributed by atoms with Gasteiger partial charge in [-0.3, -0.25) is 14.5 Å². The van der Waals surface area contributed by atoms with Crippen molar-refractivity contribution < 1.29 is 14.0 Å². The normalized spacial score (nSPS) is 19.4. The number of anilines is 1. The van der Waals surface area contributed by atoms with Crippen molar-refractivity contribution in [2.24, 2.45) is 5.92 Å². The fraction of sp³-hybridized carbons (Fsp3) is 0.476. The highest BCUT2D eigenvalue weighted by Crippen LogP contribution is 2.39. The van der Waals surface area contributed by atoms with Crippen molar-refractivity contribution in [3.63, 3.8) is 0 Å². The molecule has 0 spiro atoms. The van der Waals surface area contributed by atoms with Gasteiger partial charge >= 0.3 is 0 Å². The molecule has 1 atom stereocenters. The molecule has 1 N–H and O–H groups in total. The molecule has 0 unspecified atom stereocenters. The maximum atomic E-state index is 12.6. The largest absolute Gasteiger partial charge is 0.459 e. The average molecular weight is 413 g/mol. The number of nitrogens with one attached hydrogen (secondary N) is 1. The lowest BCUT2D eigenvalue weighted by molar-refractivity contribution is -0.117. The van der Waals surface area contributed by atoms with Gasteiger partial charge in [-0.05, 0) is 42.9 Å². The van der Waals surface area contributed by atoms with Crippen molar-refractivity contribution >= 4 is 28.2 Å². The molecule has 1 aliphatic heterocycles. The first-order valence-corrected chi connectivity index (χ1v) is 10.8. The summed E-state index contributed by atoms with van der Waals surface area (Å²) in [4.78, 5) is 29.9. The van der Waals surface area contributed by atoms with Gasteiger partial charge in [0.05, 0.1) is 18.4 Å². The molecular formula is C21H24N4O3S. The van der Waals surface area contributed by atoms with Crippen LogP contribution in [0.4, 0.5) is 5.00 Å². The summed E-state index contributed by atoms with van der Waals surface area (Å²) in [5.74, 6) is 0.739. The minimum atomic E-state index is -0.115. The zero-order valence-corrected chi connectivity index (χ0v) is 17.3. The van der Waals surface area contributed by atoms with E-state index in [1.54, 1.807) is 28.4 Å². The van der Waals surface area contributed by atoms with Gasteiger partial charge in [0.1, 0.15) is 11.1 Å². The Morgan fingerprint density at radius 2 is 2.14 bits per heavy atom. The van der Waals surface area contributed by atoms with E-state index in [1.807, 2.05) is 4.90 Å². The van der Waals surface area contributed by atoms with Gasteiger partial charge in [0.25, 0.3) is 5.91 Å². The monoisotopic (exact) mass is 412 g/mol. The van der Waals surface area contributed by atoms with Crippen LogP contribution >= 0.6 is 11.3 Å². The number of thiophene rings is 1. The standard InChI is InChI=1S/C21H24N4O3S/c1-14-4-5-15-16(12-22)20(29-18(15)11-14)23-19(26)13-24-6-8-25(9-7-24)21(27)17-3-2-10-28-17/h2-3,10,14H,4-9,11,13H2,1H3,(H,23,26)/t14-/m1/s1. The van der Waals surface area contributed by atoms with Crippen molar-refractivity contribution in [2.75, 3.05) is 38.0 Å². The summed E-state index contributed by atoms with van der Waals surface area (Å²) < 4.78 is 5.18. The zero-order valence-electron chi connectivity index (χ0n) is 16.4. The molecule has 1 saturated heterocycles. The number of fused-ring (bicyclic) bond motifs is 1. The fourth-order valence-electron chi connectivity index (χ4n) is 3.99. The Labute approximate surface area is 173 Å². The lowest BCUT2D eigenvalue weighted by Crippen LogP contribution is -2.50. The van der Waals surface area contributed by atoms with Crippen LogP contribution in [0.1, 0.15) is 39.9 Å². The van der Waals surface area contributed by atoms with E-state index in [0.717, 1.165) is 24.8 Å². The Hall–Kier alpha value is -2.63. The maximum absolute atomic E-state index is 12.6. The molecule has 2 amide bonds. The van der Waals surface area contributed by atoms with Gasteiger partial charge in [0, 0.05) is 31.1 Å². The van der Waals surface area contributed by atoms with Crippen LogP contribution in [0.5, 0.6) is 0 Å². The third-order valence-electron chi connectivity index (χ3n) is 5.64. The second kappa shape index (κ2) is 8.39. The van der Waals surface area contributed by atoms with Crippen LogP contribution in [0.15, 0.2) is 22.8 Å². The molecule has 29 heavy (non-hydrogen) atoms. The number of hydrogen-bond donors (Lipinski definition) is 1. The summed E-state index contributed by atoms with van der Waals surface area (Å²) in [6.07, 6.45) is 4.48. The van der Waals surface area contributed by atoms with Gasteiger partial charge in [0.2, 0.25) is 5.91 Å². The van der Waals surface area contributed by atoms with Crippen LogP contribution < -0.4 is 5.32 Å². The molecule has 1 aliphatic carbocycles. The molecule has 0 saturated carbocycles. The number of nitrogens with zero attached hydrogens (tertiary/aromatic N) is 3. The van der Waals surface area contributed by atoms with Crippen LogP contribution in [0, 0.1) is 17.2 Å². The number of hydrogen-bond acceptors (Lipinski definition) is 6. The maximum Gasteiger partial charge on any atom is 0.289 e. The molecule has 4 rings (SSSR count). The smallest absolute Gasteiger partial charge is 0.289 e. The third-order valence-corrected chi connectivity index (χ3v) is 6.80. The minimum Gasteiger partial charge on any atom is -0.459 e. The van der Waals surface area contributed by atoms with Crippen molar-refractivity contribution in [3.8, 4) is 6.07 Å². The first-order valence-electron chi connectivity index (χ1n) is 9.94. The van der Waals surface area contributed by atoms with Crippen LogP contribution in [0.25, 0.3) is 0 Å². The van der Waals surface area contributed by atoms with Gasteiger partial charge in [-0.25, -0.2) is 0 Å². The highest BCUT2D eigenvalue weighted by atomic mass is 32.1. The molecule has 1 fully saturated rings. The molecule has 2 aromatic rings. The predicted molar refractivity (Wildman–Crippen MR) is 110 cm³/mol. The average Bonchev–Trinajstić information content (AvgIpc) is 3.35. The molecule has 2 aromatic heterocycles. The molecule has 0 radical (unpaired) electrons. The summed E-state index contributed by atoms with van der Waals surface area (Å²) in [5, 5.41) is 13.2. The highest BCUT2D eigenvalue weighted by molar-refractivity contribution is 7.16. The van der Waals surface area contributed by atoms with E-state index < -0.39 is 0 Å². The Kier molecular flexibility index (Phi) is 5.69. The van der Waals surface area contributed by atoms with Crippen LogP contribution in [-0.4, -0.2) is 54.3 Å². The van der Waals surface area contributed by atoms with E-state index in [-0.39, 0.29) is 18.4 Å². The Bertz CT molecular complexity index is 936. The van der Waals surface area contributed by atoms with Gasteiger partial charge < -0.3 is 14.6 Å². The van der Waals surface area contributed by atoms with E-state index in [9.17, 15) is 14.9 Å². The first kappa shape index (κ1) is 19.7. The summed E-state index contributed by atoms with van der Waals surface area (Å²) in [6, 6.07) is 5.65. The number of amides is 2. The van der Waals surface area contributed by atoms with Crippen LogP contribution in [0.2, 0.25) is 0 Å². The Balaban J connectivity index is 1.32. The SMILES string of the molecule is C[C@@H]1CCc2c(sc(NC(=O)CN3CCN(C(=O)c4ccco4)CC3)c2C#N)C1. The molecule has 3 heterocycles. The lowest BCUT2D eigenvalue weighted by atomic mass is 9.89. The van der Waals surface area contributed by atoms with Gasteiger partial charge in [0.15, 0.2) is 5.76 Å². The molecule has 2 aliphatic rings. The number of rotatable bonds is 4. The quantitative estimate of drug-likeness (QED) is 0.834.